The molecule has 1 aliphatic carbocycles. The van der Waals surface area contributed by atoms with Crippen molar-refractivity contribution < 1.29 is 28.6 Å². The number of amides is 3. The van der Waals surface area contributed by atoms with Crippen LogP contribution in [0.2, 0.25) is 0 Å². The van der Waals surface area contributed by atoms with Gasteiger partial charge in [-0.25, -0.2) is 0 Å². The van der Waals surface area contributed by atoms with Gasteiger partial charge in [0.25, 0.3) is 5.91 Å². The summed E-state index contributed by atoms with van der Waals surface area (Å²) in [6.45, 7) is 8.20. The van der Waals surface area contributed by atoms with E-state index in [-0.39, 0.29) is 42.8 Å². The second kappa shape index (κ2) is 16.2. The van der Waals surface area contributed by atoms with Crippen molar-refractivity contribution >= 4 is 23.3 Å². The molecule has 276 valence electrons. The monoisotopic (exact) mass is 708 g/mol. The molecule has 3 amide bonds. The van der Waals surface area contributed by atoms with E-state index < -0.39 is 5.91 Å². The molecule has 6 rings (SSSR count). The van der Waals surface area contributed by atoms with E-state index in [1.807, 2.05) is 28.0 Å². The second-order valence-corrected chi connectivity index (χ2v) is 14.5. The van der Waals surface area contributed by atoms with E-state index in [9.17, 15) is 14.4 Å². The molecule has 1 saturated carbocycles. The number of nitrogens with two attached hydrogens (primary N) is 1. The number of methoxy groups -OCH3 is 2. The maximum absolute atomic E-state index is 14.9. The molecule has 10 heteroatoms. The Labute approximate surface area is 307 Å². The number of carbonyl (C=O) groups is 3. The van der Waals surface area contributed by atoms with Crippen LogP contribution in [0, 0.1) is 20.8 Å². The van der Waals surface area contributed by atoms with Gasteiger partial charge in [0.15, 0.2) is 0 Å². The third-order valence-corrected chi connectivity index (χ3v) is 10.5. The van der Waals surface area contributed by atoms with Gasteiger partial charge in [-0.1, -0.05) is 30.3 Å². The van der Waals surface area contributed by atoms with Crippen molar-refractivity contribution in [1.29, 1.82) is 0 Å². The third kappa shape index (κ3) is 8.78. The van der Waals surface area contributed by atoms with Crippen LogP contribution in [-0.2, 0) is 27.3 Å². The summed E-state index contributed by atoms with van der Waals surface area (Å²) in [5.74, 6) is 1.84. The molecule has 0 spiro atoms. The van der Waals surface area contributed by atoms with Crippen molar-refractivity contribution in [2.45, 2.75) is 90.4 Å². The van der Waals surface area contributed by atoms with Crippen LogP contribution in [0.5, 0.6) is 17.2 Å². The summed E-state index contributed by atoms with van der Waals surface area (Å²) in [7, 11) is 3.25. The van der Waals surface area contributed by atoms with Gasteiger partial charge in [-0.2, -0.15) is 0 Å². The lowest BCUT2D eigenvalue weighted by molar-refractivity contribution is -0.134. The lowest BCUT2D eigenvalue weighted by Crippen LogP contribution is -2.62. The van der Waals surface area contributed by atoms with Crippen molar-refractivity contribution in [1.82, 2.24) is 15.1 Å². The van der Waals surface area contributed by atoms with Gasteiger partial charge in [-0.15, -0.1) is 0 Å². The number of rotatable bonds is 15. The van der Waals surface area contributed by atoms with E-state index in [0.29, 0.717) is 56.2 Å². The summed E-state index contributed by atoms with van der Waals surface area (Å²) in [5.41, 5.74) is 13.8. The first-order valence-electron chi connectivity index (χ1n) is 18.4. The molecule has 3 aromatic rings. The zero-order valence-electron chi connectivity index (χ0n) is 31.1. The number of ether oxygens (including phenoxy) is 3. The van der Waals surface area contributed by atoms with Gasteiger partial charge in [0.1, 0.15) is 17.2 Å². The minimum atomic E-state index is -0.408. The lowest BCUT2D eigenvalue weighted by atomic mass is 9.82. The number of primary amides is 1. The molecule has 3 aliphatic rings. The zero-order chi connectivity index (χ0) is 36.9. The first kappa shape index (κ1) is 36.9. The Balaban J connectivity index is 1.27. The normalized spacial score (nSPS) is 18.2. The van der Waals surface area contributed by atoms with Crippen LogP contribution < -0.4 is 25.3 Å². The fourth-order valence-electron chi connectivity index (χ4n) is 7.51. The fourth-order valence-corrected chi connectivity index (χ4v) is 7.51. The van der Waals surface area contributed by atoms with Crippen LogP contribution in [0.1, 0.15) is 71.9 Å². The molecule has 1 saturated heterocycles. The van der Waals surface area contributed by atoms with Crippen LogP contribution in [0.25, 0.3) is 5.57 Å². The van der Waals surface area contributed by atoms with E-state index in [1.54, 1.807) is 14.2 Å². The highest BCUT2D eigenvalue weighted by atomic mass is 16.5. The smallest absolute Gasteiger partial charge is 0.252 e. The number of benzene rings is 3. The minimum absolute atomic E-state index is 0.00323. The second-order valence-electron chi connectivity index (χ2n) is 14.5. The average Bonchev–Trinajstić information content (AvgIpc) is 3.97. The molecular weight excluding hydrogens is 656 g/mol. The molecular formula is C42H52N4O6. The summed E-state index contributed by atoms with van der Waals surface area (Å²) in [6, 6.07) is 18.3. The topological polar surface area (TPSA) is 123 Å². The van der Waals surface area contributed by atoms with Gasteiger partial charge in [0, 0.05) is 62.6 Å². The van der Waals surface area contributed by atoms with E-state index in [1.165, 1.54) is 16.7 Å². The number of piperazine rings is 1. The summed E-state index contributed by atoms with van der Waals surface area (Å²) in [4.78, 5) is 43.4. The minimum Gasteiger partial charge on any atom is -0.497 e. The van der Waals surface area contributed by atoms with Gasteiger partial charge in [-0.3, -0.25) is 14.4 Å². The Hall–Kier alpha value is -4.83. The Morgan fingerprint density at radius 1 is 0.904 bits per heavy atom. The van der Waals surface area contributed by atoms with E-state index in [2.05, 4.69) is 62.5 Å². The first-order chi connectivity index (χ1) is 25.0. The quantitative estimate of drug-likeness (QED) is 0.216. The molecule has 0 aromatic heterocycles. The van der Waals surface area contributed by atoms with Crippen LogP contribution >= 0.6 is 0 Å². The molecule has 3 N–H and O–H groups in total. The number of nitrogens with one attached hydrogen (secondary N) is 1. The molecule has 2 bridgehead atoms. The fraction of sp³-hybridized carbons (Fsp3) is 0.452. The molecule has 2 unspecified atom stereocenters. The van der Waals surface area contributed by atoms with Crippen molar-refractivity contribution in [3.05, 3.63) is 93.6 Å². The van der Waals surface area contributed by atoms with Gasteiger partial charge >= 0.3 is 0 Å². The molecule has 52 heavy (non-hydrogen) atoms. The molecule has 2 atom stereocenters. The van der Waals surface area contributed by atoms with Crippen molar-refractivity contribution in [3.8, 4) is 17.2 Å². The maximum atomic E-state index is 14.9. The first-order valence-corrected chi connectivity index (χ1v) is 18.4. The van der Waals surface area contributed by atoms with Gasteiger partial charge in [0.05, 0.1) is 26.9 Å². The number of carbonyl (C=O) groups excluding carboxylic acids is 3. The van der Waals surface area contributed by atoms with Gasteiger partial charge < -0.3 is 35.1 Å². The van der Waals surface area contributed by atoms with Crippen molar-refractivity contribution in [2.24, 2.45) is 5.73 Å². The van der Waals surface area contributed by atoms with E-state index in [0.717, 1.165) is 47.3 Å². The number of nitrogens with zero attached hydrogens (tertiary/aromatic N) is 2. The molecule has 2 heterocycles. The number of hydrogen-bond acceptors (Lipinski definition) is 7. The largest absolute Gasteiger partial charge is 0.497 e. The number of fused-ring (bicyclic) bond motifs is 2. The highest BCUT2D eigenvalue weighted by Gasteiger charge is 2.43. The lowest BCUT2D eigenvalue weighted by Gasteiger charge is -2.45. The van der Waals surface area contributed by atoms with E-state index in [4.69, 9.17) is 19.9 Å². The summed E-state index contributed by atoms with van der Waals surface area (Å²) in [6.07, 6.45) is 4.11. The Morgan fingerprint density at radius 2 is 1.62 bits per heavy atom. The summed E-state index contributed by atoms with van der Waals surface area (Å²) < 4.78 is 17.3. The van der Waals surface area contributed by atoms with Gasteiger partial charge in [0.2, 0.25) is 11.8 Å². The average molecular weight is 709 g/mol. The predicted molar refractivity (Wildman–Crippen MR) is 201 cm³/mol. The SMILES string of the molecule is COc1cc(CN(C(=O)C2=C(c3ccc(CCOc4cc(C)cc(C)c4C)cc3)CC3CN(C(=O)CCCC(N)=O)CC2N3)C2CC2)cc(OC)c1. The molecule has 2 aliphatic heterocycles. The molecule has 0 radical (unpaired) electrons. The Morgan fingerprint density at radius 3 is 2.27 bits per heavy atom. The van der Waals surface area contributed by atoms with Gasteiger partial charge in [-0.05, 0) is 104 Å². The number of hydrogen-bond donors (Lipinski definition) is 2. The third-order valence-electron chi connectivity index (χ3n) is 10.5. The highest BCUT2D eigenvalue weighted by Crippen LogP contribution is 2.38. The summed E-state index contributed by atoms with van der Waals surface area (Å²) >= 11 is 0. The zero-order valence-corrected chi connectivity index (χ0v) is 31.1. The van der Waals surface area contributed by atoms with Crippen LogP contribution in [-0.4, -0.2) is 79.6 Å². The predicted octanol–water partition coefficient (Wildman–Crippen LogP) is 5.42. The van der Waals surface area contributed by atoms with Crippen LogP contribution in [0.15, 0.2) is 60.2 Å². The van der Waals surface area contributed by atoms with Crippen molar-refractivity contribution in [2.75, 3.05) is 33.9 Å². The summed E-state index contributed by atoms with van der Waals surface area (Å²) in [5, 5.41) is 3.69. The standard InChI is InChI=1S/C42H52N4O6/c1-26-17-27(2)28(3)38(18-26)52-16-15-29-9-11-31(12-10-29)36-21-32-24-45(40(48)8-6-7-39(43)47)25-37(44-32)41(36)42(49)46(33-13-14-33)23-30-19-34(50-4)22-35(20-30)51-5/h9-12,17-20,22,32-33,37,44H,6-8,13-16,21,23-25H2,1-5H3,(H2,43,47). The van der Waals surface area contributed by atoms with Crippen LogP contribution in [0.4, 0.5) is 0 Å². The van der Waals surface area contributed by atoms with E-state index >= 15 is 0 Å². The molecule has 10 nitrogen and oxygen atoms in total. The molecule has 2 fully saturated rings. The Bertz CT molecular complexity index is 1810. The highest BCUT2D eigenvalue weighted by molar-refractivity contribution is 6.03. The molecule has 3 aromatic carbocycles. The van der Waals surface area contributed by atoms with Crippen LogP contribution in [0.3, 0.4) is 0 Å². The maximum Gasteiger partial charge on any atom is 0.252 e. The Kier molecular flexibility index (Phi) is 11.5. The van der Waals surface area contributed by atoms with Crippen molar-refractivity contribution in [3.63, 3.8) is 0 Å². The number of aryl methyl sites for hydroxylation is 2.